The number of carbonyl (C=O) groups excluding carboxylic acids is 1. The first kappa shape index (κ1) is 16.8. The minimum atomic E-state index is -0.541. The average Bonchev–Trinajstić information content (AvgIpc) is 3.28. The molecule has 0 spiro atoms. The van der Waals surface area contributed by atoms with Gasteiger partial charge in [-0.05, 0) is 59.5 Å². The van der Waals surface area contributed by atoms with E-state index >= 15 is 0 Å². The summed E-state index contributed by atoms with van der Waals surface area (Å²) in [4.78, 5) is 16.4. The third kappa shape index (κ3) is 3.37. The van der Waals surface area contributed by atoms with Gasteiger partial charge in [0.15, 0.2) is 0 Å². The van der Waals surface area contributed by atoms with Crippen molar-refractivity contribution in [3.05, 3.63) is 58.2 Å². The highest BCUT2D eigenvalue weighted by Gasteiger charge is 2.25. The Morgan fingerprint density at radius 1 is 1.31 bits per heavy atom. The second-order valence-corrected chi connectivity index (χ2v) is 7.22. The van der Waals surface area contributed by atoms with Gasteiger partial charge in [0.2, 0.25) is 0 Å². The molecule has 1 N–H and O–H groups in total. The van der Waals surface area contributed by atoms with Crippen LogP contribution in [-0.2, 0) is 0 Å². The van der Waals surface area contributed by atoms with E-state index in [1.807, 2.05) is 6.07 Å². The zero-order valence-electron chi connectivity index (χ0n) is 13.9. The van der Waals surface area contributed by atoms with Gasteiger partial charge in [0, 0.05) is 28.5 Å². The number of halogens is 2. The van der Waals surface area contributed by atoms with E-state index in [-0.39, 0.29) is 11.6 Å². The lowest BCUT2D eigenvalue weighted by Gasteiger charge is -2.10. The summed E-state index contributed by atoms with van der Waals surface area (Å²) in [6.45, 7) is 1.77. The number of aryl methyl sites for hydroxylation is 1. The molecule has 6 nitrogen and oxygen atoms in total. The van der Waals surface area contributed by atoms with Gasteiger partial charge in [-0.3, -0.25) is 9.78 Å². The molecule has 1 aliphatic carbocycles. The normalized spacial score (nSPS) is 13.7. The van der Waals surface area contributed by atoms with Crippen molar-refractivity contribution in [2.45, 2.75) is 25.8 Å². The van der Waals surface area contributed by atoms with E-state index in [0.717, 1.165) is 22.9 Å². The van der Waals surface area contributed by atoms with Crippen molar-refractivity contribution in [3.63, 3.8) is 0 Å². The zero-order valence-corrected chi connectivity index (χ0v) is 15.5. The first-order chi connectivity index (χ1) is 12.5. The summed E-state index contributed by atoms with van der Waals surface area (Å²) >= 11 is 3.38. The minimum absolute atomic E-state index is 0.0127. The number of carbonyl (C=O) groups is 1. The highest BCUT2D eigenvalue weighted by molar-refractivity contribution is 9.10. The molecule has 0 aliphatic heterocycles. The van der Waals surface area contributed by atoms with Crippen LogP contribution in [0.4, 0.5) is 4.39 Å². The fraction of sp³-hybridized carbons (Fsp3) is 0.222. The third-order valence-corrected chi connectivity index (χ3v) is 4.62. The largest absolute Gasteiger partial charge is 0.349 e. The van der Waals surface area contributed by atoms with Crippen molar-refractivity contribution in [3.8, 4) is 16.9 Å². The monoisotopic (exact) mass is 415 g/mol. The van der Waals surface area contributed by atoms with Crippen molar-refractivity contribution in [1.29, 1.82) is 0 Å². The molecule has 3 aromatic rings. The Balaban J connectivity index is 1.70. The van der Waals surface area contributed by atoms with Gasteiger partial charge in [0.25, 0.3) is 5.91 Å². The number of pyridine rings is 1. The number of nitrogens with zero attached hydrogens (tertiary/aromatic N) is 4. The van der Waals surface area contributed by atoms with E-state index in [1.165, 1.54) is 12.1 Å². The van der Waals surface area contributed by atoms with Crippen LogP contribution in [0.3, 0.4) is 0 Å². The topological polar surface area (TPSA) is 72.7 Å². The molecule has 0 radical (unpaired) electrons. The van der Waals surface area contributed by atoms with E-state index in [1.54, 1.807) is 30.2 Å². The predicted octanol–water partition coefficient (Wildman–Crippen LogP) is 3.43. The fourth-order valence-corrected chi connectivity index (χ4v) is 3.00. The van der Waals surface area contributed by atoms with E-state index in [2.05, 4.69) is 36.5 Å². The Morgan fingerprint density at radius 3 is 2.85 bits per heavy atom. The smallest absolute Gasteiger partial charge is 0.254 e. The summed E-state index contributed by atoms with van der Waals surface area (Å²) in [5.74, 6) is -0.941. The van der Waals surface area contributed by atoms with Crippen LogP contribution in [0.2, 0.25) is 0 Å². The van der Waals surface area contributed by atoms with Gasteiger partial charge in [0.1, 0.15) is 11.5 Å². The van der Waals surface area contributed by atoms with Crippen LogP contribution >= 0.6 is 15.9 Å². The summed E-state index contributed by atoms with van der Waals surface area (Å²) in [6.07, 6.45) is 6.98. The lowest BCUT2D eigenvalue weighted by atomic mass is 10.1. The molecule has 1 fully saturated rings. The van der Waals surface area contributed by atoms with Crippen LogP contribution in [0.15, 0.2) is 41.3 Å². The maximum absolute atomic E-state index is 14.3. The van der Waals surface area contributed by atoms with Crippen LogP contribution in [0.1, 0.15) is 28.8 Å². The Hall–Kier alpha value is -2.61. The van der Waals surface area contributed by atoms with Crippen LogP contribution < -0.4 is 5.32 Å². The number of hydrogen-bond donors (Lipinski definition) is 1. The second kappa shape index (κ2) is 6.60. The average molecular weight is 416 g/mol. The molecular weight excluding hydrogens is 401 g/mol. The molecule has 1 amide bonds. The fourth-order valence-electron chi connectivity index (χ4n) is 2.64. The molecule has 1 aromatic carbocycles. The molecule has 0 saturated heterocycles. The summed E-state index contributed by atoms with van der Waals surface area (Å²) in [6, 6.07) is 4.90. The standard InChI is InChI=1S/C18H15BrFN5O/c1-10-4-15(20)14(18(26)22-13-2-3-13)6-17(10)25-9-16(23-24-25)11-5-12(19)8-21-7-11/h4-9,13H,2-3H2,1H3,(H,22,26). The van der Waals surface area contributed by atoms with Gasteiger partial charge in [-0.2, -0.15) is 0 Å². The quantitative estimate of drug-likeness (QED) is 0.708. The maximum atomic E-state index is 14.3. The number of hydrogen-bond acceptors (Lipinski definition) is 4. The van der Waals surface area contributed by atoms with E-state index in [4.69, 9.17) is 0 Å². The van der Waals surface area contributed by atoms with Gasteiger partial charge in [0.05, 0.1) is 17.4 Å². The zero-order chi connectivity index (χ0) is 18.3. The number of amides is 1. The molecular formula is C18H15BrFN5O. The SMILES string of the molecule is Cc1cc(F)c(C(=O)NC2CC2)cc1-n1cc(-c2cncc(Br)c2)nn1. The first-order valence-electron chi connectivity index (χ1n) is 8.16. The van der Waals surface area contributed by atoms with Crippen molar-refractivity contribution in [1.82, 2.24) is 25.3 Å². The van der Waals surface area contributed by atoms with Crippen LogP contribution in [-0.4, -0.2) is 31.9 Å². The lowest BCUT2D eigenvalue weighted by molar-refractivity contribution is 0.0947. The summed E-state index contributed by atoms with van der Waals surface area (Å²) in [5, 5.41) is 11.1. The van der Waals surface area contributed by atoms with Gasteiger partial charge >= 0.3 is 0 Å². The Kier molecular flexibility index (Phi) is 4.28. The molecule has 1 aliphatic rings. The third-order valence-electron chi connectivity index (χ3n) is 4.18. The molecule has 0 unspecified atom stereocenters. The molecule has 2 heterocycles. The molecule has 132 valence electrons. The lowest BCUT2D eigenvalue weighted by Crippen LogP contribution is -2.26. The van der Waals surface area contributed by atoms with Gasteiger partial charge in [-0.25, -0.2) is 9.07 Å². The van der Waals surface area contributed by atoms with Crippen molar-refractivity contribution < 1.29 is 9.18 Å². The van der Waals surface area contributed by atoms with Crippen LogP contribution in [0, 0.1) is 12.7 Å². The molecule has 8 heteroatoms. The van der Waals surface area contributed by atoms with E-state index in [9.17, 15) is 9.18 Å². The van der Waals surface area contributed by atoms with Gasteiger partial charge in [-0.15, -0.1) is 5.10 Å². The molecule has 0 atom stereocenters. The Bertz CT molecular complexity index is 999. The van der Waals surface area contributed by atoms with Gasteiger partial charge in [-0.1, -0.05) is 5.21 Å². The number of rotatable bonds is 4. The number of aromatic nitrogens is 4. The molecule has 0 bridgehead atoms. The Morgan fingerprint density at radius 2 is 2.12 bits per heavy atom. The molecule has 26 heavy (non-hydrogen) atoms. The highest BCUT2D eigenvalue weighted by Crippen LogP contribution is 2.24. The minimum Gasteiger partial charge on any atom is -0.349 e. The molecule has 4 rings (SSSR count). The van der Waals surface area contributed by atoms with E-state index < -0.39 is 11.7 Å². The summed E-state index contributed by atoms with van der Waals surface area (Å²) in [7, 11) is 0. The number of nitrogens with one attached hydrogen (secondary N) is 1. The van der Waals surface area contributed by atoms with Crippen LogP contribution in [0.25, 0.3) is 16.9 Å². The van der Waals surface area contributed by atoms with E-state index in [0.29, 0.717) is 16.9 Å². The van der Waals surface area contributed by atoms with Crippen molar-refractivity contribution >= 4 is 21.8 Å². The van der Waals surface area contributed by atoms with Crippen LogP contribution in [0.5, 0.6) is 0 Å². The highest BCUT2D eigenvalue weighted by atomic mass is 79.9. The van der Waals surface area contributed by atoms with Crippen molar-refractivity contribution in [2.75, 3.05) is 0 Å². The summed E-state index contributed by atoms with van der Waals surface area (Å²) in [5.41, 5.74) is 2.71. The Labute approximate surface area is 157 Å². The molecule has 2 aromatic heterocycles. The summed E-state index contributed by atoms with van der Waals surface area (Å²) < 4.78 is 16.6. The van der Waals surface area contributed by atoms with Gasteiger partial charge < -0.3 is 5.32 Å². The molecule has 1 saturated carbocycles. The predicted molar refractivity (Wildman–Crippen MR) is 97.5 cm³/mol. The second-order valence-electron chi connectivity index (χ2n) is 6.31. The first-order valence-corrected chi connectivity index (χ1v) is 8.95. The van der Waals surface area contributed by atoms with Crippen molar-refractivity contribution in [2.24, 2.45) is 0 Å². The maximum Gasteiger partial charge on any atom is 0.254 e. The number of benzene rings is 1.